The summed E-state index contributed by atoms with van der Waals surface area (Å²) in [5.74, 6) is 1.26. The molecule has 0 bridgehead atoms. The van der Waals surface area contributed by atoms with Crippen molar-refractivity contribution < 1.29 is 9.59 Å². The van der Waals surface area contributed by atoms with Gasteiger partial charge in [-0.25, -0.2) is 0 Å². The summed E-state index contributed by atoms with van der Waals surface area (Å²) in [6.45, 7) is 9.82. The Kier molecular flexibility index (Phi) is 8.05. The molecular formula is C24H33N3O2S. The van der Waals surface area contributed by atoms with Crippen LogP contribution in [-0.2, 0) is 22.7 Å². The molecule has 3 atom stereocenters. The molecule has 2 heterocycles. The van der Waals surface area contributed by atoms with E-state index < -0.39 is 0 Å². The number of hydrogen-bond donors (Lipinski definition) is 2. The lowest BCUT2D eigenvalue weighted by atomic mass is 9.91. The predicted molar refractivity (Wildman–Crippen MR) is 122 cm³/mol. The van der Waals surface area contributed by atoms with Gasteiger partial charge in [-0.3, -0.25) is 14.5 Å². The smallest absolute Gasteiger partial charge is 0.222 e. The van der Waals surface area contributed by atoms with E-state index in [-0.39, 0.29) is 24.3 Å². The van der Waals surface area contributed by atoms with Gasteiger partial charge in [-0.15, -0.1) is 11.3 Å². The second-order valence-electron chi connectivity index (χ2n) is 8.66. The van der Waals surface area contributed by atoms with Gasteiger partial charge >= 0.3 is 0 Å². The summed E-state index contributed by atoms with van der Waals surface area (Å²) in [6.07, 6.45) is 1.54. The molecular weight excluding hydrogens is 394 g/mol. The third kappa shape index (κ3) is 6.67. The molecule has 3 rings (SSSR count). The van der Waals surface area contributed by atoms with Crippen LogP contribution in [0.1, 0.15) is 55.7 Å². The predicted octanol–water partition coefficient (Wildman–Crippen LogP) is 4.11. The van der Waals surface area contributed by atoms with Gasteiger partial charge in [-0.05, 0) is 40.8 Å². The van der Waals surface area contributed by atoms with Crippen molar-refractivity contribution in [2.45, 2.75) is 52.7 Å². The summed E-state index contributed by atoms with van der Waals surface area (Å²) in [6, 6.07) is 12.0. The van der Waals surface area contributed by atoms with E-state index in [4.69, 9.17) is 0 Å². The molecule has 1 aliphatic heterocycles. The van der Waals surface area contributed by atoms with Crippen molar-refractivity contribution in [1.82, 2.24) is 15.5 Å². The number of piperidine rings is 1. The Balaban J connectivity index is 1.58. The molecule has 1 aromatic carbocycles. The van der Waals surface area contributed by atoms with E-state index in [2.05, 4.69) is 47.6 Å². The van der Waals surface area contributed by atoms with Gasteiger partial charge in [0.1, 0.15) is 0 Å². The minimum Gasteiger partial charge on any atom is -0.352 e. The highest BCUT2D eigenvalue weighted by Gasteiger charge is 2.22. The monoisotopic (exact) mass is 427 g/mol. The van der Waals surface area contributed by atoms with Crippen LogP contribution in [0.15, 0.2) is 41.8 Å². The Bertz CT molecular complexity index is 827. The number of hydrogen-bond acceptors (Lipinski definition) is 4. The largest absolute Gasteiger partial charge is 0.352 e. The van der Waals surface area contributed by atoms with Gasteiger partial charge in [0.05, 0.1) is 12.5 Å². The number of carbonyl (C=O) groups excluding carboxylic acids is 2. The Morgan fingerprint density at radius 3 is 2.43 bits per heavy atom. The molecule has 6 heteroatoms. The van der Waals surface area contributed by atoms with E-state index in [9.17, 15) is 9.59 Å². The lowest BCUT2D eigenvalue weighted by Crippen LogP contribution is -2.38. The number of amides is 2. The number of rotatable bonds is 8. The molecule has 1 aromatic heterocycles. The zero-order chi connectivity index (χ0) is 21.5. The average Bonchev–Trinajstić information content (AvgIpc) is 3.20. The third-order valence-corrected chi connectivity index (χ3v) is 6.57. The lowest BCUT2D eigenvalue weighted by molar-refractivity contribution is -0.122. The molecule has 1 saturated heterocycles. The number of likely N-dealkylation sites (tertiary alicyclic amines) is 1. The molecule has 2 amide bonds. The highest BCUT2D eigenvalue weighted by Crippen LogP contribution is 2.24. The Hall–Kier alpha value is -2.18. The van der Waals surface area contributed by atoms with E-state index in [1.54, 1.807) is 11.3 Å². The molecule has 1 aliphatic rings. The van der Waals surface area contributed by atoms with Crippen molar-refractivity contribution in [3.63, 3.8) is 0 Å². The van der Waals surface area contributed by atoms with Gasteiger partial charge in [0.25, 0.3) is 0 Å². The van der Waals surface area contributed by atoms with Crippen molar-refractivity contribution >= 4 is 23.2 Å². The first-order valence-corrected chi connectivity index (χ1v) is 11.6. The van der Waals surface area contributed by atoms with Crippen molar-refractivity contribution in [1.29, 1.82) is 0 Å². The fourth-order valence-electron chi connectivity index (χ4n) is 4.46. The van der Waals surface area contributed by atoms with Crippen molar-refractivity contribution in [3.8, 4) is 0 Å². The number of nitrogens with zero attached hydrogens (tertiary/aromatic N) is 1. The van der Waals surface area contributed by atoms with E-state index in [1.165, 1.54) is 18.9 Å². The minimum atomic E-state index is -0.283. The molecule has 0 saturated carbocycles. The van der Waals surface area contributed by atoms with Gasteiger partial charge < -0.3 is 10.6 Å². The molecule has 1 fully saturated rings. The molecule has 0 spiro atoms. The quantitative estimate of drug-likeness (QED) is 0.666. The van der Waals surface area contributed by atoms with Crippen LogP contribution in [0, 0.1) is 11.8 Å². The van der Waals surface area contributed by atoms with Gasteiger partial charge in [-0.1, -0.05) is 44.2 Å². The van der Waals surface area contributed by atoms with Crippen molar-refractivity contribution in [2.24, 2.45) is 11.8 Å². The third-order valence-electron chi connectivity index (χ3n) is 5.59. The second-order valence-corrected chi connectivity index (χ2v) is 9.64. The van der Waals surface area contributed by atoms with Crippen LogP contribution < -0.4 is 10.6 Å². The Morgan fingerprint density at radius 1 is 1.10 bits per heavy atom. The van der Waals surface area contributed by atoms with Crippen LogP contribution in [0.5, 0.6) is 0 Å². The van der Waals surface area contributed by atoms with Crippen LogP contribution in [0.2, 0.25) is 0 Å². The normalized spacial score (nSPS) is 20.5. The van der Waals surface area contributed by atoms with E-state index in [0.717, 1.165) is 41.9 Å². The number of thiophene rings is 1. The SMILES string of the molecule is CC(=O)N[C@@H](CC(=O)NCc1ccccc1CN1C[C@H](C)C[C@H](C)C1)c1cccs1. The zero-order valence-electron chi connectivity index (χ0n) is 18.2. The number of carbonyl (C=O) groups is 2. The molecule has 2 aromatic rings. The fraction of sp³-hybridized carbons (Fsp3) is 0.500. The summed E-state index contributed by atoms with van der Waals surface area (Å²) >= 11 is 1.55. The topological polar surface area (TPSA) is 61.4 Å². The summed E-state index contributed by atoms with van der Waals surface area (Å²) in [5.41, 5.74) is 2.43. The summed E-state index contributed by atoms with van der Waals surface area (Å²) in [7, 11) is 0. The van der Waals surface area contributed by atoms with E-state index in [0.29, 0.717) is 6.54 Å². The van der Waals surface area contributed by atoms with Gasteiger partial charge in [-0.2, -0.15) is 0 Å². The molecule has 5 nitrogen and oxygen atoms in total. The summed E-state index contributed by atoms with van der Waals surface area (Å²) in [5, 5.41) is 7.90. The van der Waals surface area contributed by atoms with E-state index >= 15 is 0 Å². The number of nitrogens with one attached hydrogen (secondary N) is 2. The van der Waals surface area contributed by atoms with E-state index in [1.807, 2.05) is 23.6 Å². The number of benzene rings is 1. The molecule has 0 radical (unpaired) electrons. The first-order valence-electron chi connectivity index (χ1n) is 10.8. The Labute approximate surface area is 183 Å². The van der Waals surface area contributed by atoms with Crippen LogP contribution >= 0.6 is 11.3 Å². The lowest BCUT2D eigenvalue weighted by Gasteiger charge is -2.35. The zero-order valence-corrected chi connectivity index (χ0v) is 19.0. The summed E-state index contributed by atoms with van der Waals surface area (Å²) in [4.78, 5) is 27.7. The maximum atomic E-state index is 12.6. The van der Waals surface area contributed by atoms with Crippen LogP contribution in [0.25, 0.3) is 0 Å². The van der Waals surface area contributed by atoms with Crippen molar-refractivity contribution in [2.75, 3.05) is 13.1 Å². The van der Waals surface area contributed by atoms with Crippen LogP contribution in [0.3, 0.4) is 0 Å². The maximum Gasteiger partial charge on any atom is 0.222 e. The standard InChI is InChI=1S/C24H33N3O2S/c1-17-11-18(2)15-27(14-17)16-21-8-5-4-7-20(21)13-25-24(29)12-22(26-19(3)28)23-9-6-10-30-23/h4-10,17-18,22H,11-16H2,1-3H3,(H,25,29)(H,26,28)/t17-,18+,22-/m0/s1. The molecule has 0 aliphatic carbocycles. The van der Waals surface area contributed by atoms with Gasteiger partial charge in [0.15, 0.2) is 0 Å². The van der Waals surface area contributed by atoms with Crippen molar-refractivity contribution in [3.05, 3.63) is 57.8 Å². The maximum absolute atomic E-state index is 12.6. The second kappa shape index (κ2) is 10.7. The highest BCUT2D eigenvalue weighted by atomic mass is 32.1. The van der Waals surface area contributed by atoms with Crippen LogP contribution in [0.4, 0.5) is 0 Å². The van der Waals surface area contributed by atoms with Crippen LogP contribution in [-0.4, -0.2) is 29.8 Å². The Morgan fingerprint density at radius 2 is 1.80 bits per heavy atom. The van der Waals surface area contributed by atoms with Gasteiger partial charge in [0, 0.05) is 38.0 Å². The first-order chi connectivity index (χ1) is 14.4. The minimum absolute atomic E-state index is 0.0582. The first kappa shape index (κ1) is 22.5. The molecule has 0 unspecified atom stereocenters. The molecule has 30 heavy (non-hydrogen) atoms. The summed E-state index contributed by atoms with van der Waals surface area (Å²) < 4.78 is 0. The average molecular weight is 428 g/mol. The molecule has 162 valence electrons. The fourth-order valence-corrected chi connectivity index (χ4v) is 5.23. The van der Waals surface area contributed by atoms with Gasteiger partial charge in [0.2, 0.25) is 11.8 Å². The highest BCUT2D eigenvalue weighted by molar-refractivity contribution is 7.10. The molecule has 2 N–H and O–H groups in total.